The van der Waals surface area contributed by atoms with Crippen molar-refractivity contribution in [2.24, 2.45) is 5.73 Å². The largest absolute Gasteiger partial charge is 0.398 e. The number of fused-ring (bicyclic) bond motifs is 3. The molecule has 3 aromatic rings. The predicted octanol–water partition coefficient (Wildman–Crippen LogP) is 7.64. The first kappa shape index (κ1) is 21.6. The molecule has 0 heterocycles. The molecule has 0 saturated carbocycles. The third-order valence-electron chi connectivity index (χ3n) is 6.08. The summed E-state index contributed by atoms with van der Waals surface area (Å²) in [6.07, 6.45) is 4.65. The van der Waals surface area contributed by atoms with Crippen LogP contribution in [0.15, 0.2) is 54.6 Å². The summed E-state index contributed by atoms with van der Waals surface area (Å²) >= 11 is 6.55. The van der Waals surface area contributed by atoms with Gasteiger partial charge in [0.05, 0.1) is 5.02 Å². The van der Waals surface area contributed by atoms with Gasteiger partial charge in [0, 0.05) is 28.3 Å². The molecule has 0 aromatic heterocycles. The van der Waals surface area contributed by atoms with Crippen molar-refractivity contribution < 1.29 is 8.78 Å². The summed E-state index contributed by atoms with van der Waals surface area (Å²) in [5, 5.41) is -0.0397. The summed E-state index contributed by atoms with van der Waals surface area (Å²) < 4.78 is 30.9. The smallest absolute Gasteiger partial charge is 0.142 e. The van der Waals surface area contributed by atoms with E-state index in [1.54, 1.807) is 6.07 Å². The number of benzene rings is 3. The molecule has 0 spiro atoms. The zero-order valence-corrected chi connectivity index (χ0v) is 18.6. The van der Waals surface area contributed by atoms with Gasteiger partial charge in [0.2, 0.25) is 0 Å². The van der Waals surface area contributed by atoms with Crippen molar-refractivity contribution in [3.8, 4) is 11.1 Å². The van der Waals surface area contributed by atoms with E-state index in [1.807, 2.05) is 49.4 Å². The lowest BCUT2D eigenvalue weighted by Crippen LogP contribution is -2.07. The maximum absolute atomic E-state index is 15.8. The predicted molar refractivity (Wildman–Crippen MR) is 125 cm³/mol. The van der Waals surface area contributed by atoms with Crippen LogP contribution in [0, 0.1) is 11.6 Å². The van der Waals surface area contributed by atoms with E-state index in [0.29, 0.717) is 40.8 Å². The van der Waals surface area contributed by atoms with Crippen molar-refractivity contribution in [3.05, 3.63) is 99.1 Å². The summed E-state index contributed by atoms with van der Waals surface area (Å²) in [6, 6.07) is 15.0. The summed E-state index contributed by atoms with van der Waals surface area (Å²) in [5.41, 5.74) is 11.6. The number of aryl methyl sites for hydroxylation is 1. The number of hydrogen-bond acceptors (Lipinski definition) is 1. The van der Waals surface area contributed by atoms with Crippen LogP contribution in [-0.4, -0.2) is 0 Å². The van der Waals surface area contributed by atoms with Gasteiger partial charge in [-0.2, -0.15) is 0 Å². The van der Waals surface area contributed by atoms with E-state index in [0.717, 1.165) is 29.5 Å². The summed E-state index contributed by atoms with van der Waals surface area (Å²) in [7, 11) is 0. The van der Waals surface area contributed by atoms with Gasteiger partial charge in [-0.3, -0.25) is 0 Å². The molecule has 1 aliphatic rings. The van der Waals surface area contributed by atoms with Crippen LogP contribution < -0.4 is 5.73 Å². The Morgan fingerprint density at radius 2 is 1.71 bits per heavy atom. The number of hydrogen-bond donors (Lipinski definition) is 1. The highest BCUT2D eigenvalue weighted by atomic mass is 35.5. The topological polar surface area (TPSA) is 26.0 Å². The van der Waals surface area contributed by atoms with E-state index in [1.165, 1.54) is 6.07 Å². The Morgan fingerprint density at radius 3 is 2.39 bits per heavy atom. The van der Waals surface area contributed by atoms with Gasteiger partial charge >= 0.3 is 0 Å². The van der Waals surface area contributed by atoms with Gasteiger partial charge < -0.3 is 5.73 Å². The second-order valence-corrected chi connectivity index (χ2v) is 8.51. The third-order valence-corrected chi connectivity index (χ3v) is 6.45. The monoisotopic (exact) mass is 437 g/mol. The van der Waals surface area contributed by atoms with Crippen LogP contribution in [0.1, 0.15) is 60.4 Å². The normalized spacial score (nSPS) is 15.1. The van der Waals surface area contributed by atoms with Gasteiger partial charge in [-0.15, -0.1) is 0 Å². The second kappa shape index (κ2) is 8.84. The minimum absolute atomic E-state index is 0.0397. The fraction of sp³-hybridized carbons (Fsp3) is 0.259. The fourth-order valence-electron chi connectivity index (χ4n) is 4.60. The average molecular weight is 438 g/mol. The lowest BCUT2D eigenvalue weighted by Gasteiger charge is -2.22. The Bertz CT molecular complexity index is 1150. The van der Waals surface area contributed by atoms with E-state index >= 15 is 8.78 Å². The van der Waals surface area contributed by atoms with Gasteiger partial charge in [-0.1, -0.05) is 80.4 Å². The second-order valence-electron chi connectivity index (χ2n) is 8.13. The molecule has 160 valence electrons. The molecular formula is C27H26ClF2N. The standard InChI is InChI=1S/C27H26ClF2N/c1-3-8-18-11-12-20-22(31)15-17(4-2)23-19(13-16-9-6-5-7-10-16)14-21(29)26(28)25(23)24(20)27(18)30/h5-7,9-12,14-15,17H,3-4,8,13,31H2,1-2H3. The van der Waals surface area contributed by atoms with Crippen molar-refractivity contribution in [3.63, 3.8) is 0 Å². The Labute approximate surface area is 187 Å². The number of rotatable bonds is 5. The molecule has 1 nitrogen and oxygen atoms in total. The van der Waals surface area contributed by atoms with Gasteiger partial charge in [0.1, 0.15) is 11.6 Å². The first-order valence-electron chi connectivity index (χ1n) is 10.8. The number of halogens is 3. The first-order chi connectivity index (χ1) is 15.0. The summed E-state index contributed by atoms with van der Waals surface area (Å²) in [5.74, 6) is -0.979. The Balaban J connectivity index is 2.06. The van der Waals surface area contributed by atoms with Crippen LogP contribution in [-0.2, 0) is 12.8 Å². The van der Waals surface area contributed by atoms with Crippen LogP contribution in [0.25, 0.3) is 16.8 Å². The van der Waals surface area contributed by atoms with E-state index in [-0.39, 0.29) is 16.8 Å². The van der Waals surface area contributed by atoms with Gasteiger partial charge in [0.15, 0.2) is 0 Å². The highest BCUT2D eigenvalue weighted by molar-refractivity contribution is 6.34. The van der Waals surface area contributed by atoms with E-state index in [4.69, 9.17) is 17.3 Å². The molecule has 1 atom stereocenters. The third kappa shape index (κ3) is 3.87. The zero-order valence-electron chi connectivity index (χ0n) is 17.8. The van der Waals surface area contributed by atoms with Crippen molar-refractivity contribution in [1.29, 1.82) is 0 Å². The highest BCUT2D eigenvalue weighted by Crippen LogP contribution is 2.47. The number of allylic oxidation sites excluding steroid dienone is 1. The molecule has 4 heteroatoms. The molecule has 0 saturated heterocycles. The maximum atomic E-state index is 15.8. The quantitative estimate of drug-likeness (QED) is 0.436. The minimum Gasteiger partial charge on any atom is -0.398 e. The van der Waals surface area contributed by atoms with Crippen molar-refractivity contribution in [1.82, 2.24) is 0 Å². The lowest BCUT2D eigenvalue weighted by atomic mass is 9.83. The van der Waals surface area contributed by atoms with E-state index in [2.05, 4.69) is 6.92 Å². The van der Waals surface area contributed by atoms with Crippen LogP contribution in [0.3, 0.4) is 0 Å². The fourth-order valence-corrected chi connectivity index (χ4v) is 4.85. The van der Waals surface area contributed by atoms with Gasteiger partial charge in [0.25, 0.3) is 0 Å². The lowest BCUT2D eigenvalue weighted by molar-refractivity contribution is 0.608. The molecule has 1 aliphatic carbocycles. The molecule has 0 radical (unpaired) electrons. The average Bonchev–Trinajstić information content (AvgIpc) is 2.89. The molecule has 1 unspecified atom stereocenters. The molecule has 0 bridgehead atoms. The molecule has 31 heavy (non-hydrogen) atoms. The van der Waals surface area contributed by atoms with Crippen molar-refractivity contribution >= 4 is 17.3 Å². The van der Waals surface area contributed by atoms with Crippen molar-refractivity contribution in [2.45, 2.75) is 45.4 Å². The first-order valence-corrected chi connectivity index (χ1v) is 11.2. The van der Waals surface area contributed by atoms with Gasteiger partial charge in [-0.05, 0) is 47.6 Å². The van der Waals surface area contributed by atoms with Crippen LogP contribution in [0.4, 0.5) is 8.78 Å². The maximum Gasteiger partial charge on any atom is 0.142 e. The van der Waals surface area contributed by atoms with E-state index in [9.17, 15) is 0 Å². The Kier molecular flexibility index (Phi) is 6.15. The SMILES string of the molecule is CCCc1ccc2c(c1F)-c1c(Cl)c(F)cc(Cc3ccccc3)c1C(CC)C=C2N. The van der Waals surface area contributed by atoms with Crippen LogP contribution >= 0.6 is 11.6 Å². The van der Waals surface area contributed by atoms with Crippen molar-refractivity contribution in [2.75, 3.05) is 0 Å². The molecule has 2 N–H and O–H groups in total. The Morgan fingerprint density at radius 1 is 0.968 bits per heavy atom. The Hall–Kier alpha value is -2.65. The summed E-state index contributed by atoms with van der Waals surface area (Å²) in [4.78, 5) is 0. The molecule has 0 amide bonds. The zero-order chi connectivity index (χ0) is 22.1. The molecular weight excluding hydrogens is 412 g/mol. The van der Waals surface area contributed by atoms with Crippen LogP contribution in [0.2, 0.25) is 5.02 Å². The van der Waals surface area contributed by atoms with E-state index < -0.39 is 5.82 Å². The minimum atomic E-state index is -0.534. The van der Waals surface area contributed by atoms with Crippen LogP contribution in [0.5, 0.6) is 0 Å². The van der Waals surface area contributed by atoms with Gasteiger partial charge in [-0.25, -0.2) is 8.78 Å². The summed E-state index contributed by atoms with van der Waals surface area (Å²) in [6.45, 7) is 4.06. The number of nitrogens with two attached hydrogens (primary N) is 1. The molecule has 0 aliphatic heterocycles. The highest BCUT2D eigenvalue weighted by Gasteiger charge is 2.30. The molecule has 3 aromatic carbocycles. The molecule has 4 rings (SSSR count). The molecule has 0 fully saturated rings.